The van der Waals surface area contributed by atoms with Crippen molar-refractivity contribution in [1.82, 2.24) is 30.0 Å². The van der Waals surface area contributed by atoms with E-state index in [1.54, 1.807) is 17.9 Å². The van der Waals surface area contributed by atoms with Crippen LogP contribution in [0.1, 0.15) is 25.6 Å². The Bertz CT molecular complexity index is 982. The third-order valence-corrected chi connectivity index (χ3v) is 5.74. The summed E-state index contributed by atoms with van der Waals surface area (Å²) in [6, 6.07) is 2.40. The van der Waals surface area contributed by atoms with Crippen LogP contribution in [-0.4, -0.2) is 82.0 Å². The zero-order valence-corrected chi connectivity index (χ0v) is 17.5. The van der Waals surface area contributed by atoms with Gasteiger partial charge in [-0.1, -0.05) is 0 Å². The van der Waals surface area contributed by atoms with E-state index in [9.17, 15) is 22.8 Å². The van der Waals surface area contributed by atoms with Crippen LogP contribution < -0.4 is 10.2 Å². The van der Waals surface area contributed by atoms with E-state index in [4.69, 9.17) is 4.74 Å². The summed E-state index contributed by atoms with van der Waals surface area (Å²) in [7, 11) is 0. The number of piperidine rings is 1. The Morgan fingerprint density at radius 1 is 1.12 bits per heavy atom. The smallest absolute Gasteiger partial charge is 0.378 e. The number of morpholine rings is 1. The fourth-order valence-electron chi connectivity index (χ4n) is 3.95. The molecule has 4 rings (SSSR count). The van der Waals surface area contributed by atoms with E-state index < -0.39 is 18.0 Å². The van der Waals surface area contributed by atoms with Crippen molar-refractivity contribution >= 4 is 23.3 Å². The quantitative estimate of drug-likeness (QED) is 0.725. The Morgan fingerprint density at radius 2 is 1.81 bits per heavy atom. The van der Waals surface area contributed by atoms with Crippen LogP contribution in [0.25, 0.3) is 5.65 Å². The van der Waals surface area contributed by atoms with Crippen molar-refractivity contribution in [2.24, 2.45) is 5.92 Å². The molecular formula is C19H24F3N7O3. The molecule has 2 fully saturated rings. The molecule has 174 valence electrons. The normalized spacial score (nSPS) is 19.2. The maximum atomic E-state index is 13.1. The number of carbonyl (C=O) groups excluding carboxylic acids is 2. The van der Waals surface area contributed by atoms with Gasteiger partial charge >= 0.3 is 6.18 Å². The zero-order chi connectivity index (χ0) is 22.9. The van der Waals surface area contributed by atoms with E-state index in [1.165, 1.54) is 6.07 Å². The molecule has 1 atom stereocenters. The number of anilines is 1. The van der Waals surface area contributed by atoms with Gasteiger partial charge in [0.2, 0.25) is 11.8 Å². The molecule has 0 saturated carbocycles. The van der Waals surface area contributed by atoms with Gasteiger partial charge in [0.15, 0.2) is 5.65 Å². The first-order chi connectivity index (χ1) is 15.2. The number of hydrogen-bond acceptors (Lipinski definition) is 7. The highest BCUT2D eigenvalue weighted by Gasteiger charge is 2.38. The number of rotatable bonds is 4. The predicted molar refractivity (Wildman–Crippen MR) is 106 cm³/mol. The lowest BCUT2D eigenvalue weighted by atomic mass is 9.95. The van der Waals surface area contributed by atoms with Crippen LogP contribution >= 0.6 is 0 Å². The van der Waals surface area contributed by atoms with Crippen molar-refractivity contribution in [2.45, 2.75) is 32.0 Å². The zero-order valence-electron chi connectivity index (χ0n) is 17.5. The predicted octanol–water partition coefficient (Wildman–Crippen LogP) is 0.723. The van der Waals surface area contributed by atoms with Crippen molar-refractivity contribution in [3.8, 4) is 0 Å². The number of amides is 2. The third kappa shape index (κ3) is 4.61. The van der Waals surface area contributed by atoms with Gasteiger partial charge in [-0.2, -0.15) is 17.7 Å². The van der Waals surface area contributed by atoms with Crippen LogP contribution in [0.15, 0.2) is 12.1 Å². The minimum atomic E-state index is -4.66. The maximum Gasteiger partial charge on any atom is 0.453 e. The molecule has 1 N–H and O–H groups in total. The van der Waals surface area contributed by atoms with Crippen molar-refractivity contribution in [1.29, 1.82) is 0 Å². The molecule has 13 heteroatoms. The number of aromatic nitrogens is 4. The molecule has 2 amide bonds. The lowest BCUT2D eigenvalue weighted by Crippen LogP contribution is -2.52. The Morgan fingerprint density at radius 3 is 2.47 bits per heavy atom. The highest BCUT2D eigenvalue weighted by atomic mass is 19.4. The summed E-state index contributed by atoms with van der Waals surface area (Å²) >= 11 is 0. The number of carbonyl (C=O) groups is 2. The number of nitrogens with one attached hydrogen (secondary N) is 1. The second-order valence-electron chi connectivity index (χ2n) is 7.91. The first kappa shape index (κ1) is 22.2. The Kier molecular flexibility index (Phi) is 6.17. The summed E-state index contributed by atoms with van der Waals surface area (Å²) < 4.78 is 45.2. The molecule has 0 bridgehead atoms. The second kappa shape index (κ2) is 8.88. The highest BCUT2D eigenvalue weighted by Crippen LogP contribution is 2.28. The van der Waals surface area contributed by atoms with Crippen LogP contribution in [0, 0.1) is 5.92 Å². The van der Waals surface area contributed by atoms with E-state index in [1.807, 2.05) is 4.90 Å². The molecule has 0 radical (unpaired) electrons. The summed E-state index contributed by atoms with van der Waals surface area (Å²) in [6.45, 7) is 4.57. The Balaban J connectivity index is 1.34. The fourth-order valence-corrected chi connectivity index (χ4v) is 3.95. The number of hydrogen-bond donors (Lipinski definition) is 1. The summed E-state index contributed by atoms with van der Waals surface area (Å²) in [5.74, 6) is -1.43. The lowest BCUT2D eigenvalue weighted by molar-refractivity contribution is -0.146. The second-order valence-corrected chi connectivity index (χ2v) is 7.91. The van der Waals surface area contributed by atoms with Gasteiger partial charge in [0, 0.05) is 32.1 Å². The van der Waals surface area contributed by atoms with Crippen molar-refractivity contribution in [3.05, 3.63) is 18.0 Å². The molecule has 2 aliphatic heterocycles. The number of nitrogens with zero attached hydrogens (tertiary/aromatic N) is 6. The minimum absolute atomic E-state index is 0.00858. The molecule has 0 spiro atoms. The number of fused-ring (bicyclic) bond motifs is 1. The Labute approximate surface area is 181 Å². The van der Waals surface area contributed by atoms with Gasteiger partial charge in [-0.3, -0.25) is 9.59 Å². The number of ether oxygens (including phenoxy) is 1. The summed E-state index contributed by atoms with van der Waals surface area (Å²) in [4.78, 5) is 28.6. The molecule has 2 saturated heterocycles. The summed E-state index contributed by atoms with van der Waals surface area (Å²) in [5.41, 5.74) is 0.00858. The first-order valence-corrected chi connectivity index (χ1v) is 10.5. The van der Waals surface area contributed by atoms with Crippen LogP contribution in [0.4, 0.5) is 19.0 Å². The van der Waals surface area contributed by atoms with Gasteiger partial charge in [-0.15, -0.1) is 15.3 Å². The first-order valence-electron chi connectivity index (χ1n) is 10.5. The summed E-state index contributed by atoms with van der Waals surface area (Å²) in [6.07, 6.45) is -3.66. The van der Waals surface area contributed by atoms with Gasteiger partial charge in [0.05, 0.1) is 13.2 Å². The average Bonchev–Trinajstić information content (AvgIpc) is 3.23. The van der Waals surface area contributed by atoms with E-state index in [-0.39, 0.29) is 23.4 Å². The number of alkyl halides is 3. The van der Waals surface area contributed by atoms with Gasteiger partial charge in [0.25, 0.3) is 5.82 Å². The van der Waals surface area contributed by atoms with Crippen molar-refractivity contribution in [2.75, 3.05) is 44.3 Å². The van der Waals surface area contributed by atoms with Crippen LogP contribution in [0.5, 0.6) is 0 Å². The molecule has 32 heavy (non-hydrogen) atoms. The number of halogens is 3. The van der Waals surface area contributed by atoms with E-state index in [0.717, 1.165) is 0 Å². The maximum absolute atomic E-state index is 13.1. The van der Waals surface area contributed by atoms with E-state index in [0.29, 0.717) is 62.6 Å². The molecule has 4 heterocycles. The van der Waals surface area contributed by atoms with Crippen LogP contribution in [-0.2, 0) is 20.5 Å². The highest BCUT2D eigenvalue weighted by molar-refractivity contribution is 5.88. The third-order valence-electron chi connectivity index (χ3n) is 5.74. The molecule has 0 aromatic carbocycles. The minimum Gasteiger partial charge on any atom is -0.378 e. The van der Waals surface area contributed by atoms with Crippen molar-refractivity contribution in [3.63, 3.8) is 0 Å². The monoisotopic (exact) mass is 455 g/mol. The van der Waals surface area contributed by atoms with Crippen LogP contribution in [0.2, 0.25) is 0 Å². The molecule has 2 aliphatic rings. The van der Waals surface area contributed by atoms with Gasteiger partial charge in [-0.05, 0) is 31.9 Å². The molecule has 2 aromatic rings. The Hall–Kier alpha value is -2.96. The summed E-state index contributed by atoms with van der Waals surface area (Å²) in [5, 5.41) is 13.5. The van der Waals surface area contributed by atoms with E-state index in [2.05, 4.69) is 20.6 Å². The molecule has 10 nitrogen and oxygen atoms in total. The molecule has 1 unspecified atom stereocenters. The average molecular weight is 455 g/mol. The molecule has 2 aromatic heterocycles. The van der Waals surface area contributed by atoms with Gasteiger partial charge in [0.1, 0.15) is 11.9 Å². The van der Waals surface area contributed by atoms with Crippen molar-refractivity contribution < 1.29 is 27.5 Å². The molecular weight excluding hydrogens is 431 g/mol. The largest absolute Gasteiger partial charge is 0.453 e. The SMILES string of the molecule is CC(NC(=O)C1CCN(c2ccc3nnc(C(F)(F)F)n3n2)CC1)C(=O)N1CCOCC1. The molecule has 0 aliphatic carbocycles. The fraction of sp³-hybridized carbons (Fsp3) is 0.632. The van der Waals surface area contributed by atoms with E-state index >= 15 is 0 Å². The topological polar surface area (TPSA) is 105 Å². The lowest BCUT2D eigenvalue weighted by Gasteiger charge is -2.33. The van der Waals surface area contributed by atoms with Gasteiger partial charge < -0.3 is 19.9 Å². The standard InChI is InChI=1S/C19H24F3N7O3/c1-12(17(31)28-8-10-32-11-9-28)23-16(30)13-4-6-27(7-5-13)15-3-2-14-24-25-18(19(20,21)22)29(14)26-15/h2-3,12-13H,4-11H2,1H3,(H,23,30). The van der Waals surface area contributed by atoms with Crippen LogP contribution in [0.3, 0.4) is 0 Å². The van der Waals surface area contributed by atoms with Gasteiger partial charge in [-0.25, -0.2) is 0 Å².